The van der Waals surface area contributed by atoms with Gasteiger partial charge in [-0.1, -0.05) is 0 Å². The van der Waals surface area contributed by atoms with Crippen molar-refractivity contribution in [3.63, 3.8) is 0 Å². The number of morpholine rings is 2. The first-order valence-electron chi connectivity index (χ1n) is 26.1. The molecule has 10 heterocycles. The predicted octanol–water partition coefficient (Wildman–Crippen LogP) is 2.77. The second kappa shape index (κ2) is 24.0. The number of ether oxygens (including phenoxy) is 3. The number of carbonyl (C=O) groups is 5. The highest BCUT2D eigenvalue weighted by molar-refractivity contribution is 6.35. The lowest BCUT2D eigenvalue weighted by atomic mass is 10.2. The van der Waals surface area contributed by atoms with Crippen LogP contribution >= 0.6 is 0 Å². The first kappa shape index (κ1) is 58.9. The molecule has 3 N–H and O–H groups in total. The molecule has 0 bridgehead atoms. The molecule has 6 aromatic rings. The first-order chi connectivity index (χ1) is 39.3. The Morgan fingerprint density at radius 1 is 0.542 bits per heavy atom. The van der Waals surface area contributed by atoms with Gasteiger partial charge in [0.25, 0.3) is 11.8 Å². The molecule has 34 heteroatoms. The van der Waals surface area contributed by atoms with E-state index in [1.165, 1.54) is 48.4 Å². The quantitative estimate of drug-likeness (QED) is 0.139. The third-order valence-electron chi connectivity index (χ3n) is 13.2. The highest BCUT2D eigenvalue weighted by Gasteiger charge is 2.38. The Bertz CT molecular complexity index is 3360. The number of halogens is 6. The number of amides is 3. The molecule has 0 unspecified atom stereocenters. The molecule has 0 atom stereocenters. The molecule has 444 valence electrons. The molecule has 28 nitrogen and oxygen atoms in total. The van der Waals surface area contributed by atoms with Crippen molar-refractivity contribution in [3.8, 4) is 22.8 Å². The van der Waals surface area contributed by atoms with E-state index >= 15 is 0 Å². The second-order valence-corrected chi connectivity index (χ2v) is 20.4. The molecule has 10 rings (SSSR count). The lowest BCUT2D eigenvalue weighted by molar-refractivity contribution is -0.143. The summed E-state index contributed by atoms with van der Waals surface area (Å²) in [5.41, 5.74) is 5.87. The van der Waals surface area contributed by atoms with Crippen LogP contribution in [0.2, 0.25) is 0 Å². The number of alkyl halides is 6. The monoisotopic (exact) mass is 1170 g/mol. The summed E-state index contributed by atoms with van der Waals surface area (Å²) in [6.07, 6.45) is -4.42. The molecule has 0 spiro atoms. The van der Waals surface area contributed by atoms with Gasteiger partial charge >= 0.3 is 18.4 Å². The number of rotatable bonds is 11. The molecule has 0 radical (unpaired) electrons. The zero-order valence-electron chi connectivity index (χ0n) is 45.7. The summed E-state index contributed by atoms with van der Waals surface area (Å²) in [4.78, 5) is 113. The summed E-state index contributed by atoms with van der Waals surface area (Å²) in [6, 6.07) is 0. The summed E-state index contributed by atoms with van der Waals surface area (Å²) in [6.45, 7) is 9.52. The summed E-state index contributed by atoms with van der Waals surface area (Å²) in [5, 5.41) is 2.43. The number of nitrogen functional groups attached to an aromatic ring is 1. The van der Waals surface area contributed by atoms with Gasteiger partial charge < -0.3 is 49.3 Å². The van der Waals surface area contributed by atoms with Crippen molar-refractivity contribution in [2.75, 3.05) is 136 Å². The van der Waals surface area contributed by atoms with Gasteiger partial charge in [-0.05, 0) is 20.8 Å². The van der Waals surface area contributed by atoms with Crippen molar-refractivity contribution in [1.82, 2.24) is 68.8 Å². The van der Waals surface area contributed by atoms with Crippen LogP contribution in [-0.4, -0.2) is 221 Å². The van der Waals surface area contributed by atoms with E-state index < -0.39 is 60.5 Å². The van der Waals surface area contributed by atoms with E-state index in [1.807, 2.05) is 9.80 Å². The molecule has 0 saturated carbocycles. The number of hydrogen-bond acceptors (Lipinski definition) is 23. The van der Waals surface area contributed by atoms with Gasteiger partial charge in [-0.25, -0.2) is 54.6 Å². The van der Waals surface area contributed by atoms with Crippen LogP contribution in [0.3, 0.4) is 0 Å². The van der Waals surface area contributed by atoms with Crippen LogP contribution in [0.1, 0.15) is 34.6 Å². The largest absolute Gasteiger partial charge is 0.444 e. The molecule has 4 saturated heterocycles. The van der Waals surface area contributed by atoms with Crippen LogP contribution in [-0.2, 0) is 46.5 Å². The maximum Gasteiger partial charge on any atom is 0.414 e. The standard InChI is InChI=1S/C27H33F3N10O5.C22H25F3N10O3/c1-16(41)22(42)38-5-7-39(8-6-38)24-33-18-20(37-9-11-44-12-10-37)34-19(35-21(18)40(24)15-27(28,29)30)17-13-31-23(32-14-17)36-25(43)45-26(2,3)4;1-13(36)19(37)33-2-4-34(5-3-33)21-29-15-17(32-6-8-38-9-7-32)30-16(14-10-27-20(26)28-11-14)31-18(15)35(21)12-22(23,24)25/h13-14H,5-12,15H2,1-4H3,(H,31,32,36,43);10-11H,2-9,12H2,1H3,(H2,26,27,28). The molecule has 0 aromatic carbocycles. The van der Waals surface area contributed by atoms with E-state index in [0.717, 1.165) is 9.13 Å². The SMILES string of the molecule is CC(=O)C(=O)N1CCN(c2nc3c(N4CCOCC4)nc(-c4cnc(N)nc4)nc3n2CC(F)(F)F)CC1.CC(=O)C(=O)N1CCN(c2nc3c(N4CCOCC4)nc(-c4cnc(NC(=O)OC(C)(C)C)nc4)nc3n2CC(F)(F)F)CC1. The minimum Gasteiger partial charge on any atom is -0.444 e. The zero-order valence-corrected chi connectivity index (χ0v) is 45.7. The number of ketones is 2. The van der Waals surface area contributed by atoms with Crippen molar-refractivity contribution in [2.45, 2.75) is 65.7 Å². The first-order valence-corrected chi connectivity index (χ1v) is 26.1. The number of piperazine rings is 2. The second-order valence-electron chi connectivity index (χ2n) is 20.4. The minimum absolute atomic E-state index is 0.00267. The van der Waals surface area contributed by atoms with Crippen molar-refractivity contribution >= 4 is 87.2 Å². The number of hydrogen-bond donors (Lipinski definition) is 2. The number of aromatic nitrogens is 12. The van der Waals surface area contributed by atoms with Crippen molar-refractivity contribution in [3.05, 3.63) is 24.8 Å². The van der Waals surface area contributed by atoms with Gasteiger partial charge in [-0.3, -0.25) is 33.6 Å². The van der Waals surface area contributed by atoms with Gasteiger partial charge in [0.2, 0.25) is 35.4 Å². The van der Waals surface area contributed by atoms with Crippen LogP contribution < -0.4 is 30.7 Å². The van der Waals surface area contributed by atoms with E-state index in [-0.39, 0.29) is 110 Å². The fourth-order valence-corrected chi connectivity index (χ4v) is 9.35. The molecule has 4 aliphatic rings. The van der Waals surface area contributed by atoms with Gasteiger partial charge in [-0.2, -0.15) is 26.3 Å². The normalized spacial score (nSPS) is 16.5. The van der Waals surface area contributed by atoms with Gasteiger partial charge in [0.15, 0.2) is 45.6 Å². The molecule has 4 fully saturated rings. The summed E-state index contributed by atoms with van der Waals surface area (Å²) in [5.74, 6) is -1.51. The average Bonchev–Trinajstić information content (AvgIpc) is 2.79. The van der Waals surface area contributed by atoms with Crippen LogP contribution in [0, 0.1) is 0 Å². The Morgan fingerprint density at radius 3 is 1.27 bits per heavy atom. The lowest BCUT2D eigenvalue weighted by Crippen LogP contribution is -2.51. The van der Waals surface area contributed by atoms with E-state index in [9.17, 15) is 50.3 Å². The van der Waals surface area contributed by atoms with E-state index in [0.29, 0.717) is 75.4 Å². The molecule has 4 aliphatic heterocycles. The van der Waals surface area contributed by atoms with Crippen molar-refractivity contribution in [2.24, 2.45) is 0 Å². The van der Waals surface area contributed by atoms with Gasteiger partial charge in [0.1, 0.15) is 18.7 Å². The smallest absolute Gasteiger partial charge is 0.414 e. The van der Waals surface area contributed by atoms with Crippen molar-refractivity contribution in [1.29, 1.82) is 0 Å². The number of nitrogens with one attached hydrogen (secondary N) is 1. The van der Waals surface area contributed by atoms with Gasteiger partial charge in [0, 0.05) is 117 Å². The third-order valence-corrected chi connectivity index (χ3v) is 13.2. The number of anilines is 6. The third kappa shape index (κ3) is 14.2. The van der Waals surface area contributed by atoms with Gasteiger partial charge in [0.05, 0.1) is 37.6 Å². The lowest BCUT2D eigenvalue weighted by Gasteiger charge is -2.35. The van der Waals surface area contributed by atoms with E-state index in [1.54, 1.807) is 30.6 Å². The zero-order chi connectivity index (χ0) is 59.5. The molecule has 0 aliphatic carbocycles. The van der Waals surface area contributed by atoms with E-state index in [4.69, 9.17) is 19.9 Å². The van der Waals surface area contributed by atoms with E-state index in [2.05, 4.69) is 55.2 Å². The van der Waals surface area contributed by atoms with Crippen LogP contribution in [0.5, 0.6) is 0 Å². The van der Waals surface area contributed by atoms with Crippen LogP contribution in [0.4, 0.5) is 66.6 Å². The molecule has 83 heavy (non-hydrogen) atoms. The molecule has 6 aromatic heterocycles. The number of nitrogens with zero attached hydrogens (tertiary/aromatic N) is 18. The fraction of sp³-hybridized carbons (Fsp3) is 0.531. The number of carbonyl (C=O) groups excluding carboxylic acids is 5. The molecule has 3 amide bonds. The Labute approximate surface area is 468 Å². The minimum atomic E-state index is -4.61. The Morgan fingerprint density at radius 2 is 0.916 bits per heavy atom. The van der Waals surface area contributed by atoms with Crippen LogP contribution in [0.25, 0.3) is 45.1 Å². The maximum atomic E-state index is 14.0. The molecular formula is C49H58F6N20O8. The highest BCUT2D eigenvalue weighted by Crippen LogP contribution is 2.36. The Kier molecular flexibility index (Phi) is 17.1. The Balaban J connectivity index is 0.000000202. The van der Waals surface area contributed by atoms with Gasteiger partial charge in [-0.15, -0.1) is 0 Å². The summed E-state index contributed by atoms with van der Waals surface area (Å²) < 4.78 is 102. The Hall–Kier alpha value is -8.69. The predicted molar refractivity (Wildman–Crippen MR) is 284 cm³/mol. The summed E-state index contributed by atoms with van der Waals surface area (Å²) in [7, 11) is 0. The molecular weight excluding hydrogens is 1110 g/mol. The summed E-state index contributed by atoms with van der Waals surface area (Å²) >= 11 is 0. The number of fused-ring (bicyclic) bond motifs is 2. The topological polar surface area (TPSA) is 309 Å². The van der Waals surface area contributed by atoms with Crippen LogP contribution in [0.15, 0.2) is 24.8 Å². The highest BCUT2D eigenvalue weighted by atomic mass is 19.4. The number of imidazole rings is 2. The number of nitrogens with two attached hydrogens (primary N) is 1. The fourth-order valence-electron chi connectivity index (χ4n) is 9.35. The average molecular weight is 1170 g/mol. The van der Waals surface area contributed by atoms with Crippen molar-refractivity contribution < 1.29 is 64.5 Å². The number of Topliss-reactive ketones (excluding diaryl/α,β-unsaturated/α-hetero) is 2. The maximum absolute atomic E-state index is 14.0.